The molecule has 0 radical (unpaired) electrons. The summed E-state index contributed by atoms with van der Waals surface area (Å²) >= 11 is 8.67. The molecule has 8 nitrogen and oxygen atoms in total. The van der Waals surface area contributed by atoms with Crippen molar-refractivity contribution in [2.24, 2.45) is 0 Å². The molecule has 0 unspecified atom stereocenters. The summed E-state index contributed by atoms with van der Waals surface area (Å²) in [7, 11) is 0. The Morgan fingerprint density at radius 3 is 2.64 bits per heavy atom. The SMILES string of the molecule is C[C@@H]1CN(c2nc(=O)n3c4c(c(-c5cc(Cl)cs5)c(C(F)(F)F)cc24)SC[C@@H](n2ncc4cccnc42)C3)C[C@H](C)N1. The van der Waals surface area contributed by atoms with Crippen molar-refractivity contribution < 1.29 is 13.2 Å². The van der Waals surface area contributed by atoms with Gasteiger partial charge in [-0.05, 0) is 38.1 Å². The first kappa shape index (κ1) is 27.7. The maximum Gasteiger partial charge on any atom is 0.417 e. The predicted molar refractivity (Wildman–Crippen MR) is 161 cm³/mol. The van der Waals surface area contributed by atoms with Crippen LogP contribution in [0.4, 0.5) is 19.0 Å². The maximum atomic E-state index is 14.9. The van der Waals surface area contributed by atoms with Crippen molar-refractivity contribution in [1.29, 1.82) is 0 Å². The average molecular weight is 632 g/mol. The predicted octanol–water partition coefficient (Wildman–Crippen LogP) is 6.08. The molecule has 0 bridgehead atoms. The fourth-order valence-corrected chi connectivity index (χ4v) is 8.63. The molecule has 7 rings (SSSR count). The van der Waals surface area contributed by atoms with Crippen LogP contribution in [0.15, 0.2) is 51.7 Å². The van der Waals surface area contributed by atoms with Crippen LogP contribution >= 0.6 is 34.7 Å². The van der Waals surface area contributed by atoms with E-state index in [4.69, 9.17) is 11.6 Å². The van der Waals surface area contributed by atoms with Crippen LogP contribution in [-0.2, 0) is 12.7 Å². The monoisotopic (exact) mass is 631 g/mol. The van der Waals surface area contributed by atoms with Crippen molar-refractivity contribution in [2.75, 3.05) is 23.7 Å². The maximum absolute atomic E-state index is 14.9. The Balaban J connectivity index is 1.52. The number of fused-ring (bicyclic) bond motifs is 1. The number of hydrogen-bond donors (Lipinski definition) is 1. The topological polar surface area (TPSA) is 80.9 Å². The van der Waals surface area contributed by atoms with E-state index in [1.54, 1.807) is 28.5 Å². The highest BCUT2D eigenvalue weighted by atomic mass is 35.5. The first-order valence-electron chi connectivity index (χ1n) is 13.4. The van der Waals surface area contributed by atoms with Crippen LogP contribution in [0.2, 0.25) is 5.02 Å². The number of nitrogens with zero attached hydrogens (tertiary/aromatic N) is 6. The summed E-state index contributed by atoms with van der Waals surface area (Å²) in [6.45, 7) is 5.22. The molecule has 14 heteroatoms. The lowest BCUT2D eigenvalue weighted by Gasteiger charge is -2.37. The van der Waals surface area contributed by atoms with Crippen LogP contribution in [0, 0.1) is 0 Å². The zero-order valence-corrected chi connectivity index (χ0v) is 24.9. The molecule has 218 valence electrons. The van der Waals surface area contributed by atoms with Gasteiger partial charge in [-0.15, -0.1) is 23.1 Å². The summed E-state index contributed by atoms with van der Waals surface area (Å²) < 4.78 is 47.9. The van der Waals surface area contributed by atoms with Crippen molar-refractivity contribution in [3.8, 4) is 10.4 Å². The van der Waals surface area contributed by atoms with Crippen LogP contribution in [-0.4, -0.2) is 55.2 Å². The Morgan fingerprint density at radius 2 is 1.93 bits per heavy atom. The van der Waals surface area contributed by atoms with Crippen LogP contribution in [0.3, 0.4) is 0 Å². The molecule has 42 heavy (non-hydrogen) atoms. The van der Waals surface area contributed by atoms with E-state index in [-0.39, 0.29) is 36.1 Å². The molecule has 5 aromatic rings. The number of piperazine rings is 1. The van der Waals surface area contributed by atoms with Gasteiger partial charge < -0.3 is 10.2 Å². The van der Waals surface area contributed by atoms with E-state index >= 15 is 0 Å². The lowest BCUT2D eigenvalue weighted by atomic mass is 10.0. The van der Waals surface area contributed by atoms with Gasteiger partial charge in [-0.2, -0.15) is 23.3 Å². The number of thiophene rings is 1. The molecule has 2 aliphatic rings. The van der Waals surface area contributed by atoms with E-state index in [0.717, 1.165) is 16.7 Å². The number of benzene rings is 1. The summed E-state index contributed by atoms with van der Waals surface area (Å²) in [5, 5.41) is 11.1. The first-order valence-corrected chi connectivity index (χ1v) is 15.7. The second-order valence-electron chi connectivity index (χ2n) is 10.8. The molecule has 1 N–H and O–H groups in total. The fraction of sp³-hybridized carbons (Fsp3) is 0.357. The lowest BCUT2D eigenvalue weighted by molar-refractivity contribution is -0.137. The van der Waals surface area contributed by atoms with Crippen LogP contribution in [0.1, 0.15) is 25.5 Å². The zero-order valence-electron chi connectivity index (χ0n) is 22.5. The van der Waals surface area contributed by atoms with E-state index in [1.807, 2.05) is 30.9 Å². The van der Waals surface area contributed by atoms with Crippen molar-refractivity contribution in [2.45, 2.75) is 49.6 Å². The molecule has 2 aliphatic heterocycles. The molecule has 0 saturated carbocycles. The third-order valence-corrected chi connectivity index (χ3v) is 10.2. The number of rotatable bonds is 3. The molecule has 4 aromatic heterocycles. The van der Waals surface area contributed by atoms with Gasteiger partial charge in [-0.1, -0.05) is 11.6 Å². The van der Waals surface area contributed by atoms with Crippen LogP contribution in [0.25, 0.3) is 32.4 Å². The Morgan fingerprint density at radius 1 is 1.14 bits per heavy atom. The summed E-state index contributed by atoms with van der Waals surface area (Å²) in [4.78, 5) is 25.5. The number of halogens is 4. The third-order valence-electron chi connectivity index (χ3n) is 7.69. The Hall–Kier alpha value is -3.13. The first-order chi connectivity index (χ1) is 20.1. The van der Waals surface area contributed by atoms with Gasteiger partial charge >= 0.3 is 11.9 Å². The van der Waals surface area contributed by atoms with Gasteiger partial charge in [-0.25, -0.2) is 14.5 Å². The van der Waals surface area contributed by atoms with E-state index < -0.39 is 17.4 Å². The van der Waals surface area contributed by atoms with Gasteiger partial charge in [0.05, 0.1) is 34.9 Å². The minimum absolute atomic E-state index is 0.0355. The molecule has 0 aliphatic carbocycles. The minimum Gasteiger partial charge on any atom is -0.353 e. The summed E-state index contributed by atoms with van der Waals surface area (Å²) in [5.74, 6) is 0.646. The van der Waals surface area contributed by atoms with Gasteiger partial charge in [0, 0.05) is 68.6 Å². The van der Waals surface area contributed by atoms with Crippen molar-refractivity contribution in [3.63, 3.8) is 0 Å². The van der Waals surface area contributed by atoms with Crippen LogP contribution in [0.5, 0.6) is 0 Å². The minimum atomic E-state index is -4.66. The number of alkyl halides is 3. The summed E-state index contributed by atoms with van der Waals surface area (Å²) in [5.41, 5.74) is -0.149. The van der Waals surface area contributed by atoms with Crippen molar-refractivity contribution in [1.82, 2.24) is 29.6 Å². The van der Waals surface area contributed by atoms with Crippen molar-refractivity contribution in [3.05, 3.63) is 63.1 Å². The molecular weight excluding hydrogens is 607 g/mol. The molecule has 1 saturated heterocycles. The fourth-order valence-electron chi connectivity index (χ4n) is 6.10. The highest BCUT2D eigenvalue weighted by Crippen LogP contribution is 2.50. The van der Waals surface area contributed by atoms with Gasteiger partial charge in [-0.3, -0.25) is 4.57 Å². The molecule has 3 atom stereocenters. The lowest BCUT2D eigenvalue weighted by Crippen LogP contribution is -2.55. The third kappa shape index (κ3) is 4.66. The standard InChI is InChI=1S/C28H25ClF3N7OS2/c1-14-9-37(10-15(2)35-14)26-19-7-20(28(30,31)32)22(21-6-17(29)12-41-21)24-23(19)38(27(40)36-26)11-18(13-42-24)39-25-16(8-34-39)4-3-5-33-25/h3-8,12,14-15,18,35H,9-11,13H2,1-2H3/t14-,15+,18-/m0/s1. The van der Waals surface area contributed by atoms with E-state index in [1.165, 1.54) is 22.4 Å². The highest BCUT2D eigenvalue weighted by Gasteiger charge is 2.39. The Kier molecular flexibility index (Phi) is 6.76. The van der Waals surface area contributed by atoms with Gasteiger partial charge in [0.1, 0.15) is 5.82 Å². The number of hydrogen-bond acceptors (Lipinski definition) is 8. The normalized spacial score (nSPS) is 21.3. The second-order valence-corrected chi connectivity index (χ2v) is 13.2. The van der Waals surface area contributed by atoms with Gasteiger partial charge in [0.25, 0.3) is 0 Å². The number of pyridine rings is 1. The molecule has 1 aromatic carbocycles. The average Bonchev–Trinajstić information content (AvgIpc) is 3.50. The molecule has 0 spiro atoms. The van der Waals surface area contributed by atoms with E-state index in [2.05, 4.69) is 20.4 Å². The molecular formula is C28H25ClF3N7OS2. The molecule has 6 heterocycles. The largest absolute Gasteiger partial charge is 0.417 e. The van der Waals surface area contributed by atoms with Crippen LogP contribution < -0.4 is 15.9 Å². The smallest absolute Gasteiger partial charge is 0.353 e. The second kappa shape index (κ2) is 10.2. The highest BCUT2D eigenvalue weighted by molar-refractivity contribution is 7.99. The van der Waals surface area contributed by atoms with E-state index in [0.29, 0.717) is 50.2 Å². The number of thioether (sulfide) groups is 1. The number of anilines is 1. The van der Waals surface area contributed by atoms with Crippen molar-refractivity contribution >= 4 is 62.5 Å². The number of aromatic nitrogens is 5. The van der Waals surface area contributed by atoms with Gasteiger partial charge in [0.2, 0.25) is 0 Å². The van der Waals surface area contributed by atoms with Gasteiger partial charge in [0.15, 0.2) is 5.65 Å². The summed E-state index contributed by atoms with van der Waals surface area (Å²) in [6.07, 6.45) is -1.28. The number of nitrogens with one attached hydrogen (secondary N) is 1. The zero-order chi connectivity index (χ0) is 29.3. The molecule has 1 fully saturated rings. The quantitative estimate of drug-likeness (QED) is 0.259. The summed E-state index contributed by atoms with van der Waals surface area (Å²) in [6, 6.07) is 6.21. The van der Waals surface area contributed by atoms with E-state index in [9.17, 15) is 18.0 Å². The Labute approximate surface area is 251 Å². The molecule has 0 amide bonds. The Bertz CT molecular complexity index is 1890.